The molecule has 70 valence electrons. The second-order valence-corrected chi connectivity index (χ2v) is 3.13. The van der Waals surface area contributed by atoms with Crippen molar-refractivity contribution in [2.75, 3.05) is 19.7 Å². The summed E-state index contributed by atoms with van der Waals surface area (Å²) >= 11 is 0. The highest BCUT2D eigenvalue weighted by atomic mass is 16.4. The zero-order valence-electron chi connectivity index (χ0n) is 7.07. The van der Waals surface area contributed by atoms with Gasteiger partial charge in [-0.05, 0) is 12.8 Å². The van der Waals surface area contributed by atoms with Crippen molar-refractivity contribution in [3.05, 3.63) is 0 Å². The van der Waals surface area contributed by atoms with Crippen molar-refractivity contribution >= 4 is 5.97 Å². The molecular weight excluding hydrogens is 158 g/mol. The third-order valence-electron chi connectivity index (χ3n) is 2.06. The number of aliphatic carboxylic acids is 1. The Labute approximate surface area is 71.8 Å². The molecule has 0 spiro atoms. The van der Waals surface area contributed by atoms with Crippen molar-refractivity contribution < 1.29 is 15.0 Å². The minimum absolute atomic E-state index is 0.121. The quantitative estimate of drug-likeness (QED) is 0.589. The minimum atomic E-state index is -0.765. The Bertz CT molecular complexity index is 156. The number of hydrogen-bond acceptors (Lipinski definition) is 3. The topological polar surface area (TPSA) is 60.8 Å². The lowest BCUT2D eigenvalue weighted by Gasteiger charge is -2.19. The Morgan fingerprint density at radius 3 is 2.50 bits per heavy atom. The third-order valence-corrected chi connectivity index (χ3v) is 2.06. The molecule has 1 aliphatic rings. The summed E-state index contributed by atoms with van der Waals surface area (Å²) in [6.07, 6.45) is 2.48. The van der Waals surface area contributed by atoms with E-state index >= 15 is 0 Å². The van der Waals surface area contributed by atoms with Crippen LogP contribution in [0.3, 0.4) is 0 Å². The van der Waals surface area contributed by atoms with E-state index in [2.05, 4.69) is 0 Å². The van der Waals surface area contributed by atoms with Crippen LogP contribution in [-0.4, -0.2) is 46.8 Å². The van der Waals surface area contributed by atoms with Crippen LogP contribution in [0.4, 0.5) is 0 Å². The number of carboxylic acids is 1. The van der Waals surface area contributed by atoms with Gasteiger partial charge in [0.2, 0.25) is 0 Å². The number of aliphatic hydroxyl groups excluding tert-OH is 1. The van der Waals surface area contributed by atoms with Gasteiger partial charge in [-0.1, -0.05) is 0 Å². The van der Waals surface area contributed by atoms with Crippen molar-refractivity contribution in [1.29, 1.82) is 0 Å². The van der Waals surface area contributed by atoms with E-state index in [4.69, 9.17) is 10.2 Å². The Morgan fingerprint density at radius 1 is 1.42 bits per heavy atom. The fourth-order valence-electron chi connectivity index (χ4n) is 1.28. The van der Waals surface area contributed by atoms with Gasteiger partial charge in [0.05, 0.1) is 13.0 Å². The summed E-state index contributed by atoms with van der Waals surface area (Å²) in [5.41, 5.74) is 0. The van der Waals surface area contributed by atoms with E-state index in [9.17, 15) is 4.79 Å². The highest BCUT2D eigenvalue weighted by Gasteiger charge is 2.28. The van der Waals surface area contributed by atoms with Crippen molar-refractivity contribution in [1.82, 2.24) is 4.90 Å². The van der Waals surface area contributed by atoms with Crippen LogP contribution >= 0.6 is 0 Å². The number of carboxylic acid groups (broad SMARTS) is 1. The van der Waals surface area contributed by atoms with Crippen molar-refractivity contribution in [2.45, 2.75) is 25.3 Å². The molecule has 0 heterocycles. The van der Waals surface area contributed by atoms with Gasteiger partial charge in [-0.25, -0.2) is 0 Å². The summed E-state index contributed by atoms with van der Waals surface area (Å²) < 4.78 is 0. The standard InChI is InChI=1S/C8H15NO3/c10-6-5-9(7-1-2-7)4-3-8(11)12/h7,10H,1-6H2,(H,11,12). The van der Waals surface area contributed by atoms with Gasteiger partial charge in [-0.3, -0.25) is 9.69 Å². The molecule has 0 saturated heterocycles. The number of aliphatic hydroxyl groups is 1. The maximum absolute atomic E-state index is 10.3. The van der Waals surface area contributed by atoms with Crippen LogP contribution in [0.25, 0.3) is 0 Å². The summed E-state index contributed by atoms with van der Waals surface area (Å²) in [5.74, 6) is -0.765. The van der Waals surface area contributed by atoms with Crippen molar-refractivity contribution in [3.8, 4) is 0 Å². The number of rotatable bonds is 6. The van der Waals surface area contributed by atoms with Crippen molar-refractivity contribution in [2.24, 2.45) is 0 Å². The monoisotopic (exact) mass is 173 g/mol. The number of nitrogens with zero attached hydrogens (tertiary/aromatic N) is 1. The molecule has 1 aliphatic carbocycles. The fraction of sp³-hybridized carbons (Fsp3) is 0.875. The van der Waals surface area contributed by atoms with E-state index in [1.165, 1.54) is 0 Å². The molecule has 0 amide bonds. The Hall–Kier alpha value is -0.610. The van der Waals surface area contributed by atoms with E-state index in [1.807, 2.05) is 4.90 Å². The normalized spacial score (nSPS) is 16.8. The molecular formula is C8H15NO3. The molecule has 4 heteroatoms. The Balaban J connectivity index is 2.18. The molecule has 1 rings (SSSR count). The zero-order chi connectivity index (χ0) is 8.97. The maximum atomic E-state index is 10.3. The molecule has 0 aromatic carbocycles. The maximum Gasteiger partial charge on any atom is 0.304 e. The second kappa shape index (κ2) is 4.42. The van der Waals surface area contributed by atoms with E-state index in [1.54, 1.807) is 0 Å². The molecule has 1 fully saturated rings. The first kappa shape index (κ1) is 9.48. The Morgan fingerprint density at radius 2 is 2.08 bits per heavy atom. The molecule has 0 aliphatic heterocycles. The molecule has 0 aromatic rings. The number of carbonyl (C=O) groups is 1. The van der Waals surface area contributed by atoms with Crippen LogP contribution in [0.5, 0.6) is 0 Å². The molecule has 0 bridgehead atoms. The third kappa shape index (κ3) is 3.19. The molecule has 12 heavy (non-hydrogen) atoms. The smallest absolute Gasteiger partial charge is 0.304 e. The highest BCUT2D eigenvalue weighted by molar-refractivity contribution is 5.66. The summed E-state index contributed by atoms with van der Waals surface area (Å²) in [5, 5.41) is 17.1. The van der Waals surface area contributed by atoms with E-state index in [0.717, 1.165) is 12.8 Å². The molecule has 0 radical (unpaired) electrons. The molecule has 4 nitrogen and oxygen atoms in total. The Kier molecular flexibility index (Phi) is 3.49. The van der Waals surface area contributed by atoms with E-state index in [-0.39, 0.29) is 13.0 Å². The lowest BCUT2D eigenvalue weighted by Crippen LogP contribution is -2.31. The molecule has 2 N–H and O–H groups in total. The van der Waals surface area contributed by atoms with Crippen LogP contribution in [-0.2, 0) is 4.79 Å². The molecule has 0 unspecified atom stereocenters. The van der Waals surface area contributed by atoms with Gasteiger partial charge in [0.25, 0.3) is 0 Å². The summed E-state index contributed by atoms with van der Waals surface area (Å²) in [7, 11) is 0. The average Bonchev–Trinajstić information content (AvgIpc) is 2.79. The van der Waals surface area contributed by atoms with Gasteiger partial charge < -0.3 is 10.2 Å². The SMILES string of the molecule is O=C(O)CCN(CCO)C1CC1. The van der Waals surface area contributed by atoms with E-state index in [0.29, 0.717) is 19.1 Å². The number of hydrogen-bond donors (Lipinski definition) is 2. The van der Waals surface area contributed by atoms with Gasteiger partial charge in [-0.15, -0.1) is 0 Å². The minimum Gasteiger partial charge on any atom is -0.481 e. The lowest BCUT2D eigenvalue weighted by atomic mass is 10.3. The molecule has 0 atom stereocenters. The first-order chi connectivity index (χ1) is 5.74. The van der Waals surface area contributed by atoms with Crippen LogP contribution in [0.15, 0.2) is 0 Å². The van der Waals surface area contributed by atoms with Gasteiger partial charge in [-0.2, -0.15) is 0 Å². The average molecular weight is 173 g/mol. The predicted molar refractivity (Wildman–Crippen MR) is 43.9 cm³/mol. The van der Waals surface area contributed by atoms with Gasteiger partial charge in [0, 0.05) is 19.1 Å². The second-order valence-electron chi connectivity index (χ2n) is 3.13. The first-order valence-corrected chi connectivity index (χ1v) is 4.30. The van der Waals surface area contributed by atoms with Crippen molar-refractivity contribution in [3.63, 3.8) is 0 Å². The summed E-state index contributed by atoms with van der Waals surface area (Å²) in [6, 6.07) is 0.538. The lowest BCUT2D eigenvalue weighted by molar-refractivity contribution is -0.137. The summed E-state index contributed by atoms with van der Waals surface area (Å²) in [6.45, 7) is 1.30. The summed E-state index contributed by atoms with van der Waals surface area (Å²) in [4.78, 5) is 12.3. The first-order valence-electron chi connectivity index (χ1n) is 4.30. The van der Waals surface area contributed by atoms with Crippen LogP contribution in [0.2, 0.25) is 0 Å². The zero-order valence-corrected chi connectivity index (χ0v) is 7.07. The van der Waals surface area contributed by atoms with Crippen LogP contribution in [0, 0.1) is 0 Å². The fourth-order valence-corrected chi connectivity index (χ4v) is 1.28. The van der Waals surface area contributed by atoms with Gasteiger partial charge in [0.15, 0.2) is 0 Å². The highest BCUT2D eigenvalue weighted by Crippen LogP contribution is 2.26. The van der Waals surface area contributed by atoms with Crippen LogP contribution < -0.4 is 0 Å². The molecule has 0 aromatic heterocycles. The van der Waals surface area contributed by atoms with E-state index < -0.39 is 5.97 Å². The van der Waals surface area contributed by atoms with Gasteiger partial charge >= 0.3 is 5.97 Å². The largest absolute Gasteiger partial charge is 0.481 e. The predicted octanol–water partition coefficient (Wildman–Crippen LogP) is -0.0822. The molecule has 1 saturated carbocycles. The van der Waals surface area contributed by atoms with Crippen LogP contribution in [0.1, 0.15) is 19.3 Å². The van der Waals surface area contributed by atoms with Gasteiger partial charge in [0.1, 0.15) is 0 Å².